The van der Waals surface area contributed by atoms with Gasteiger partial charge in [-0.2, -0.15) is 0 Å². The molecular formula is C18H29N3O4. The highest BCUT2D eigenvalue weighted by Gasteiger charge is 2.66. The highest BCUT2D eigenvalue weighted by Crippen LogP contribution is 2.64. The van der Waals surface area contributed by atoms with Gasteiger partial charge >= 0.3 is 0 Å². The van der Waals surface area contributed by atoms with Gasteiger partial charge in [0.2, 0.25) is 5.91 Å². The lowest BCUT2D eigenvalue weighted by Crippen LogP contribution is -2.69. The number of aliphatic hydroxyl groups is 3. The lowest BCUT2D eigenvalue weighted by molar-refractivity contribution is -0.234. The van der Waals surface area contributed by atoms with Crippen LogP contribution in [-0.2, 0) is 4.79 Å². The topological polar surface area (TPSA) is 133 Å². The molecule has 0 radical (unpaired) electrons. The van der Waals surface area contributed by atoms with E-state index in [9.17, 15) is 20.1 Å². The number of nitrogens with zero attached hydrogens (tertiary/aromatic N) is 1. The van der Waals surface area contributed by atoms with Crippen molar-refractivity contribution >= 4 is 5.91 Å². The zero-order valence-electron chi connectivity index (χ0n) is 14.5. The highest BCUT2D eigenvalue weighted by molar-refractivity contribution is 5.84. The zero-order chi connectivity index (χ0) is 17.8. The molecule has 25 heavy (non-hydrogen) atoms. The lowest BCUT2D eigenvalue weighted by atomic mass is 9.44. The summed E-state index contributed by atoms with van der Waals surface area (Å²) in [6.07, 6.45) is 4.24. The molecule has 0 aromatic carbocycles. The minimum absolute atomic E-state index is 0.154. The molecule has 0 aromatic heterocycles. The van der Waals surface area contributed by atoms with Gasteiger partial charge < -0.3 is 31.7 Å². The van der Waals surface area contributed by atoms with Crippen LogP contribution >= 0.6 is 0 Å². The first-order valence-corrected chi connectivity index (χ1v) is 9.60. The molecule has 1 aliphatic heterocycles. The second-order valence-electron chi connectivity index (χ2n) is 9.90. The number of hydrogen-bond donors (Lipinski definition) is 5. The summed E-state index contributed by atoms with van der Waals surface area (Å²) >= 11 is 0. The molecule has 6 aliphatic rings. The number of fused-ring (bicyclic) bond motifs is 1. The maximum atomic E-state index is 13.3. The first-order valence-electron chi connectivity index (χ1n) is 9.60. The molecule has 0 spiro atoms. The maximum absolute atomic E-state index is 13.3. The van der Waals surface area contributed by atoms with Crippen LogP contribution in [0.15, 0.2) is 0 Å². The number of likely N-dealkylation sites (tertiary alicyclic amines) is 1. The Hall–Kier alpha value is -0.730. The highest BCUT2D eigenvalue weighted by atomic mass is 16.3. The Morgan fingerprint density at radius 1 is 1.04 bits per heavy atom. The van der Waals surface area contributed by atoms with E-state index < -0.39 is 28.9 Å². The van der Waals surface area contributed by atoms with Crippen LogP contribution in [-0.4, -0.2) is 61.7 Å². The van der Waals surface area contributed by atoms with Crippen LogP contribution in [0.3, 0.4) is 0 Å². The van der Waals surface area contributed by atoms with Gasteiger partial charge in [-0.1, -0.05) is 0 Å². The average Bonchev–Trinajstić information content (AvgIpc) is 3.12. The smallest absolute Gasteiger partial charge is 0.240 e. The molecule has 7 nitrogen and oxygen atoms in total. The summed E-state index contributed by atoms with van der Waals surface area (Å²) in [5, 5.41) is 31.7. The van der Waals surface area contributed by atoms with E-state index in [1.807, 2.05) is 0 Å². The summed E-state index contributed by atoms with van der Waals surface area (Å²) in [7, 11) is 0. The Bertz CT molecular complexity index is 607. The molecule has 1 heterocycles. The van der Waals surface area contributed by atoms with E-state index in [4.69, 9.17) is 11.5 Å². The van der Waals surface area contributed by atoms with Crippen LogP contribution in [0, 0.1) is 17.3 Å². The van der Waals surface area contributed by atoms with Gasteiger partial charge in [-0.25, -0.2) is 0 Å². The van der Waals surface area contributed by atoms with Gasteiger partial charge in [0.25, 0.3) is 0 Å². The summed E-state index contributed by atoms with van der Waals surface area (Å²) in [6.45, 7) is 0. The van der Waals surface area contributed by atoms with E-state index in [0.717, 1.165) is 19.3 Å². The molecule has 6 rings (SSSR count). The lowest BCUT2D eigenvalue weighted by Gasteiger charge is -2.64. The van der Waals surface area contributed by atoms with E-state index in [-0.39, 0.29) is 23.9 Å². The Kier molecular flexibility index (Phi) is 3.13. The standard InChI is InChI=1S/C18H29N3O4/c19-13(15(23)21-11-1-10(11)2-12(21)14(20)22)16-3-9-4-17(24,6-16)8-18(25,5-9)7-16/h9-14,22,24-25H,1-8,19-20H2/t9?,10-,11-,12-,13+,14-,16?,17-,18+/m0/s1. The molecular weight excluding hydrogens is 322 g/mol. The minimum atomic E-state index is -1.05. The normalized spacial score (nSPS) is 55.2. The number of carbonyl (C=O) groups is 1. The number of aliphatic hydroxyl groups excluding tert-OH is 1. The van der Waals surface area contributed by atoms with Crippen LogP contribution in [0.4, 0.5) is 0 Å². The third-order valence-electron chi connectivity index (χ3n) is 7.77. The quantitative estimate of drug-likeness (QED) is 0.415. The molecule has 7 heteroatoms. The third kappa shape index (κ3) is 2.26. The van der Waals surface area contributed by atoms with Crippen molar-refractivity contribution in [2.24, 2.45) is 28.7 Å². The van der Waals surface area contributed by atoms with Gasteiger partial charge in [0.15, 0.2) is 0 Å². The second-order valence-corrected chi connectivity index (χ2v) is 9.90. The van der Waals surface area contributed by atoms with Gasteiger partial charge in [-0.05, 0) is 56.8 Å². The van der Waals surface area contributed by atoms with Gasteiger partial charge in [-0.3, -0.25) is 4.79 Å². The Morgan fingerprint density at radius 2 is 1.68 bits per heavy atom. The molecule has 5 aliphatic carbocycles. The summed E-state index contributed by atoms with van der Waals surface area (Å²) in [5.74, 6) is 0.506. The van der Waals surface area contributed by atoms with Crippen molar-refractivity contribution in [2.75, 3.05) is 0 Å². The molecule has 2 unspecified atom stereocenters. The van der Waals surface area contributed by atoms with Gasteiger partial charge in [0.05, 0.1) is 23.3 Å². The molecule has 4 bridgehead atoms. The van der Waals surface area contributed by atoms with Crippen LogP contribution in [0.5, 0.6) is 0 Å². The fraction of sp³-hybridized carbons (Fsp3) is 0.944. The molecule has 5 saturated carbocycles. The van der Waals surface area contributed by atoms with Crippen molar-refractivity contribution < 1.29 is 20.1 Å². The molecule has 0 aromatic rings. The number of hydrogen-bond acceptors (Lipinski definition) is 6. The first-order chi connectivity index (χ1) is 11.6. The minimum Gasteiger partial charge on any atom is -0.390 e. The van der Waals surface area contributed by atoms with Gasteiger partial charge in [0.1, 0.15) is 6.23 Å². The Morgan fingerprint density at radius 3 is 2.24 bits per heavy atom. The number of carbonyl (C=O) groups excluding carboxylic acids is 1. The second kappa shape index (κ2) is 4.75. The van der Waals surface area contributed by atoms with E-state index in [1.165, 1.54) is 0 Å². The predicted octanol–water partition coefficient (Wildman–Crippen LogP) is -0.974. The molecule has 6 fully saturated rings. The Balaban J connectivity index is 1.44. The molecule has 140 valence electrons. The van der Waals surface area contributed by atoms with Crippen LogP contribution < -0.4 is 11.5 Å². The third-order valence-corrected chi connectivity index (χ3v) is 7.77. The van der Waals surface area contributed by atoms with Crippen LogP contribution in [0.1, 0.15) is 51.4 Å². The van der Waals surface area contributed by atoms with E-state index >= 15 is 0 Å². The van der Waals surface area contributed by atoms with Gasteiger partial charge in [-0.15, -0.1) is 0 Å². The zero-order valence-corrected chi connectivity index (χ0v) is 14.5. The van der Waals surface area contributed by atoms with E-state index in [0.29, 0.717) is 38.0 Å². The predicted molar refractivity (Wildman–Crippen MR) is 88.8 cm³/mol. The SMILES string of the molecule is N[C@H](C(=O)N1[C@H]2C[C@H]2C[C@H]1[C@@H](N)O)C12CC3C[C@@](O)(C1)C[C@](O)(C3)C2. The van der Waals surface area contributed by atoms with Crippen LogP contribution in [0.2, 0.25) is 0 Å². The van der Waals surface area contributed by atoms with Crippen molar-refractivity contribution in [1.82, 2.24) is 4.90 Å². The summed E-state index contributed by atoms with van der Waals surface area (Å²) < 4.78 is 0. The fourth-order valence-electron chi connectivity index (χ4n) is 7.31. The van der Waals surface area contributed by atoms with Crippen molar-refractivity contribution in [1.29, 1.82) is 0 Å². The summed E-state index contributed by atoms with van der Waals surface area (Å²) in [5.41, 5.74) is 9.88. The van der Waals surface area contributed by atoms with Crippen molar-refractivity contribution in [3.63, 3.8) is 0 Å². The summed E-state index contributed by atoms with van der Waals surface area (Å²) in [6, 6.07) is -0.959. The molecule has 9 atom stereocenters. The number of piperidine rings is 1. The average molecular weight is 351 g/mol. The van der Waals surface area contributed by atoms with Crippen molar-refractivity contribution in [3.8, 4) is 0 Å². The summed E-state index contributed by atoms with van der Waals surface area (Å²) in [4.78, 5) is 15.0. The van der Waals surface area contributed by atoms with Crippen LogP contribution in [0.25, 0.3) is 0 Å². The molecule has 1 saturated heterocycles. The number of nitrogens with two attached hydrogens (primary N) is 2. The molecule has 1 amide bonds. The van der Waals surface area contributed by atoms with Crippen molar-refractivity contribution in [2.45, 2.75) is 86.9 Å². The Labute approximate surface area is 147 Å². The number of rotatable bonds is 3. The fourth-order valence-corrected chi connectivity index (χ4v) is 7.31. The first kappa shape index (κ1) is 16.4. The largest absolute Gasteiger partial charge is 0.390 e. The van der Waals surface area contributed by atoms with E-state index in [1.54, 1.807) is 4.90 Å². The number of amides is 1. The van der Waals surface area contributed by atoms with Crippen molar-refractivity contribution in [3.05, 3.63) is 0 Å². The van der Waals surface area contributed by atoms with E-state index in [2.05, 4.69) is 0 Å². The monoisotopic (exact) mass is 351 g/mol. The van der Waals surface area contributed by atoms with Gasteiger partial charge in [0, 0.05) is 17.9 Å². The maximum Gasteiger partial charge on any atom is 0.240 e. The molecule has 7 N–H and O–H groups in total.